The van der Waals surface area contributed by atoms with Crippen molar-refractivity contribution in [2.24, 2.45) is 0 Å². The van der Waals surface area contributed by atoms with Gasteiger partial charge in [-0.05, 0) is 19.4 Å². The van der Waals surface area contributed by atoms with Crippen molar-refractivity contribution in [2.75, 3.05) is 11.5 Å². The molecule has 0 bridgehead atoms. The summed E-state index contributed by atoms with van der Waals surface area (Å²) in [6, 6.07) is 5.32. The van der Waals surface area contributed by atoms with Crippen LogP contribution in [0.5, 0.6) is 0 Å². The number of rotatable bonds is 5. The van der Waals surface area contributed by atoms with Crippen LogP contribution in [-0.4, -0.2) is 22.7 Å². The van der Waals surface area contributed by atoms with Crippen molar-refractivity contribution in [1.82, 2.24) is 10.3 Å². The Hall–Kier alpha value is -2.25. The molecule has 0 radical (unpaired) electrons. The summed E-state index contributed by atoms with van der Waals surface area (Å²) in [5, 5.41) is 21.0. The quantitative estimate of drug-likeness (QED) is 0.792. The maximum absolute atomic E-state index is 11.7. The van der Waals surface area contributed by atoms with Crippen molar-refractivity contribution in [3.8, 4) is 12.1 Å². The molecular formula is C13H15N5OS. The Kier molecular flexibility index (Phi) is 5.82. The number of anilines is 1. The van der Waals surface area contributed by atoms with Gasteiger partial charge in [-0.1, -0.05) is 18.7 Å². The predicted molar refractivity (Wildman–Crippen MR) is 76.7 cm³/mol. The number of nitriles is 2. The average molecular weight is 289 g/mol. The zero-order chi connectivity index (χ0) is 15.1. The molecule has 0 spiro atoms. The molecule has 3 N–H and O–H groups in total. The molecule has 1 rings (SSSR count). The van der Waals surface area contributed by atoms with E-state index >= 15 is 0 Å². The van der Waals surface area contributed by atoms with Gasteiger partial charge >= 0.3 is 0 Å². The number of thioether (sulfide) groups is 1. The molecule has 0 saturated carbocycles. The molecular weight excluding hydrogens is 274 g/mol. The van der Waals surface area contributed by atoms with Gasteiger partial charge in [0.05, 0.1) is 16.9 Å². The van der Waals surface area contributed by atoms with Gasteiger partial charge < -0.3 is 11.1 Å². The lowest BCUT2D eigenvalue weighted by atomic mass is 10.2. The fraction of sp³-hybridized carbons (Fsp3) is 0.385. The van der Waals surface area contributed by atoms with E-state index in [0.29, 0.717) is 5.03 Å². The molecule has 1 atom stereocenters. The van der Waals surface area contributed by atoms with Crippen molar-refractivity contribution >= 4 is 23.5 Å². The van der Waals surface area contributed by atoms with Crippen LogP contribution in [0.2, 0.25) is 0 Å². The molecule has 0 aliphatic carbocycles. The summed E-state index contributed by atoms with van der Waals surface area (Å²) >= 11 is 1.13. The Morgan fingerprint density at radius 3 is 2.70 bits per heavy atom. The molecule has 7 heteroatoms. The fourth-order valence-corrected chi connectivity index (χ4v) is 2.12. The predicted octanol–water partition coefficient (Wildman–Crippen LogP) is 1.41. The number of nitrogens with zero attached hydrogens (tertiary/aromatic N) is 3. The lowest BCUT2D eigenvalue weighted by Gasteiger charge is -2.11. The van der Waals surface area contributed by atoms with E-state index in [1.165, 1.54) is 6.07 Å². The molecule has 0 aromatic carbocycles. The van der Waals surface area contributed by atoms with Crippen molar-refractivity contribution in [1.29, 1.82) is 10.5 Å². The molecule has 0 saturated heterocycles. The van der Waals surface area contributed by atoms with Gasteiger partial charge in [0, 0.05) is 6.04 Å². The monoisotopic (exact) mass is 289 g/mol. The van der Waals surface area contributed by atoms with Crippen LogP contribution in [0.1, 0.15) is 31.4 Å². The number of carbonyl (C=O) groups excluding carboxylic acids is 1. The van der Waals surface area contributed by atoms with Gasteiger partial charge in [-0.25, -0.2) is 4.98 Å². The summed E-state index contributed by atoms with van der Waals surface area (Å²) in [4.78, 5) is 15.7. The third-order valence-electron chi connectivity index (χ3n) is 2.62. The highest BCUT2D eigenvalue weighted by molar-refractivity contribution is 8.00. The number of hydrogen-bond acceptors (Lipinski definition) is 6. The number of aromatic nitrogens is 1. The lowest BCUT2D eigenvalue weighted by Crippen LogP contribution is -2.33. The van der Waals surface area contributed by atoms with E-state index in [9.17, 15) is 4.79 Å². The smallest absolute Gasteiger partial charge is 0.230 e. The number of amides is 1. The maximum Gasteiger partial charge on any atom is 0.230 e. The SMILES string of the molecule is CC[C@@H](C)NC(=O)CSc1nc(N)c(C#N)cc1C#N. The number of nitrogens with one attached hydrogen (secondary N) is 1. The Bertz CT molecular complexity index is 588. The molecule has 104 valence electrons. The van der Waals surface area contributed by atoms with Crippen LogP contribution < -0.4 is 11.1 Å². The minimum atomic E-state index is -0.127. The zero-order valence-corrected chi connectivity index (χ0v) is 12.1. The third-order valence-corrected chi connectivity index (χ3v) is 3.61. The largest absolute Gasteiger partial charge is 0.383 e. The first-order valence-electron chi connectivity index (χ1n) is 6.04. The maximum atomic E-state index is 11.7. The molecule has 0 aliphatic rings. The van der Waals surface area contributed by atoms with Crippen LogP contribution in [-0.2, 0) is 4.79 Å². The molecule has 0 aliphatic heterocycles. The van der Waals surface area contributed by atoms with E-state index in [0.717, 1.165) is 18.2 Å². The zero-order valence-electron chi connectivity index (χ0n) is 11.3. The van der Waals surface area contributed by atoms with Gasteiger partial charge in [-0.15, -0.1) is 0 Å². The topological polar surface area (TPSA) is 116 Å². The van der Waals surface area contributed by atoms with E-state index in [4.69, 9.17) is 16.3 Å². The van der Waals surface area contributed by atoms with Crippen molar-refractivity contribution in [3.63, 3.8) is 0 Å². The van der Waals surface area contributed by atoms with Gasteiger partial charge in [-0.3, -0.25) is 4.79 Å². The Morgan fingerprint density at radius 2 is 2.15 bits per heavy atom. The summed E-state index contributed by atoms with van der Waals surface area (Å²) in [6.45, 7) is 3.90. The summed E-state index contributed by atoms with van der Waals surface area (Å²) in [6.07, 6.45) is 0.849. The lowest BCUT2D eigenvalue weighted by molar-refractivity contribution is -0.119. The number of nitrogen functional groups attached to an aromatic ring is 1. The normalized spacial score (nSPS) is 11.2. The second-order valence-corrected chi connectivity index (χ2v) is 5.13. The number of nitrogens with two attached hydrogens (primary N) is 1. The summed E-state index contributed by atoms with van der Waals surface area (Å²) < 4.78 is 0. The number of hydrogen-bond donors (Lipinski definition) is 2. The minimum Gasteiger partial charge on any atom is -0.383 e. The van der Waals surface area contributed by atoms with Crippen LogP contribution >= 0.6 is 11.8 Å². The van der Waals surface area contributed by atoms with Crippen molar-refractivity contribution in [3.05, 3.63) is 17.2 Å². The summed E-state index contributed by atoms with van der Waals surface area (Å²) in [5.41, 5.74) is 6.02. The minimum absolute atomic E-state index is 0.0661. The van der Waals surface area contributed by atoms with Gasteiger partial charge in [0.1, 0.15) is 23.0 Å². The van der Waals surface area contributed by atoms with Gasteiger partial charge in [0.2, 0.25) is 5.91 Å². The van der Waals surface area contributed by atoms with Crippen LogP contribution in [0.4, 0.5) is 5.82 Å². The van der Waals surface area contributed by atoms with Crippen LogP contribution in [0, 0.1) is 22.7 Å². The highest BCUT2D eigenvalue weighted by atomic mass is 32.2. The van der Waals surface area contributed by atoms with Crippen LogP contribution in [0.3, 0.4) is 0 Å². The van der Waals surface area contributed by atoms with Gasteiger partial charge in [-0.2, -0.15) is 10.5 Å². The fourth-order valence-electron chi connectivity index (χ4n) is 1.34. The Morgan fingerprint density at radius 1 is 1.50 bits per heavy atom. The first-order valence-corrected chi connectivity index (χ1v) is 7.03. The first-order chi connectivity index (χ1) is 9.51. The molecule has 1 amide bonds. The first kappa shape index (κ1) is 15.8. The highest BCUT2D eigenvalue weighted by Crippen LogP contribution is 2.23. The van der Waals surface area contributed by atoms with Crippen molar-refractivity contribution < 1.29 is 4.79 Å². The van der Waals surface area contributed by atoms with Gasteiger partial charge in [0.25, 0.3) is 0 Å². The second kappa shape index (κ2) is 7.37. The summed E-state index contributed by atoms with van der Waals surface area (Å²) in [7, 11) is 0. The molecule has 1 heterocycles. The third kappa shape index (κ3) is 4.15. The standard InChI is InChI=1S/C13H15N5OS/c1-3-8(2)17-11(19)7-20-13-10(6-15)4-9(5-14)12(16)18-13/h4,8H,3,7H2,1-2H3,(H2,16,18)(H,17,19)/t8-/m1/s1. The molecule has 0 unspecified atom stereocenters. The number of carbonyl (C=O) groups is 1. The van der Waals surface area contributed by atoms with Gasteiger partial charge in [0.15, 0.2) is 0 Å². The van der Waals surface area contributed by atoms with Crippen LogP contribution in [0.25, 0.3) is 0 Å². The van der Waals surface area contributed by atoms with Crippen LogP contribution in [0.15, 0.2) is 11.1 Å². The molecule has 1 aromatic heterocycles. The summed E-state index contributed by atoms with van der Waals surface area (Å²) in [5.74, 6) is 0.0893. The molecule has 20 heavy (non-hydrogen) atoms. The van der Waals surface area contributed by atoms with E-state index in [1.54, 1.807) is 0 Å². The van der Waals surface area contributed by atoms with E-state index in [-0.39, 0.29) is 34.6 Å². The molecule has 6 nitrogen and oxygen atoms in total. The second-order valence-electron chi connectivity index (χ2n) is 4.16. The Balaban J connectivity index is 2.79. The van der Waals surface area contributed by atoms with E-state index in [1.807, 2.05) is 26.0 Å². The highest BCUT2D eigenvalue weighted by Gasteiger charge is 2.13. The van der Waals surface area contributed by atoms with E-state index in [2.05, 4.69) is 10.3 Å². The molecule has 0 fully saturated rings. The van der Waals surface area contributed by atoms with E-state index < -0.39 is 0 Å². The van der Waals surface area contributed by atoms with Crippen molar-refractivity contribution in [2.45, 2.75) is 31.3 Å². The average Bonchev–Trinajstić information content (AvgIpc) is 2.44. The number of pyridine rings is 1. The Labute approximate surface area is 122 Å². The molecule has 1 aromatic rings.